The number of primary amides is 1. The summed E-state index contributed by atoms with van der Waals surface area (Å²) in [4.78, 5) is 33.6. The molecule has 7 nitrogen and oxygen atoms in total. The number of hydrogen-bond donors (Lipinski definition) is 2. The molecule has 0 spiro atoms. The fraction of sp³-hybridized carbons (Fsp3) is 0.179. The van der Waals surface area contributed by atoms with E-state index in [9.17, 15) is 4.79 Å². The maximum Gasteiger partial charge on any atom is 0.248 e. The molecular weight excluding hydrogens is 436 g/mol. The average molecular weight is 463 g/mol. The number of carbonyl (C=O) groups is 1. The van der Waals surface area contributed by atoms with E-state index in [2.05, 4.69) is 28.8 Å². The van der Waals surface area contributed by atoms with Crippen molar-refractivity contribution < 1.29 is 4.79 Å². The first-order valence-corrected chi connectivity index (χ1v) is 11.6. The van der Waals surface area contributed by atoms with Gasteiger partial charge in [-0.25, -0.2) is 4.98 Å². The molecule has 3 aromatic heterocycles. The Morgan fingerprint density at radius 3 is 2.43 bits per heavy atom. The van der Waals surface area contributed by atoms with Gasteiger partial charge in [-0.1, -0.05) is 38.1 Å². The number of nitrogens with one attached hydrogen (secondary N) is 1. The van der Waals surface area contributed by atoms with Crippen LogP contribution >= 0.6 is 0 Å². The molecule has 35 heavy (non-hydrogen) atoms. The first-order valence-electron chi connectivity index (χ1n) is 11.6. The quantitative estimate of drug-likeness (QED) is 0.350. The predicted octanol–water partition coefficient (Wildman–Crippen LogP) is 5.09. The van der Waals surface area contributed by atoms with Gasteiger partial charge in [-0.3, -0.25) is 19.7 Å². The highest BCUT2D eigenvalue weighted by atomic mass is 16.1. The zero-order chi connectivity index (χ0) is 24.4. The maximum atomic E-state index is 11.3. The minimum atomic E-state index is -0.423. The lowest BCUT2D eigenvalue weighted by Crippen LogP contribution is -2.10. The Balaban J connectivity index is 1.52. The van der Waals surface area contributed by atoms with Gasteiger partial charge in [0.2, 0.25) is 5.91 Å². The minimum absolute atomic E-state index is 0.320. The van der Waals surface area contributed by atoms with E-state index >= 15 is 0 Å². The highest BCUT2D eigenvalue weighted by molar-refractivity contribution is 5.92. The molecule has 5 aromatic rings. The zero-order valence-corrected chi connectivity index (χ0v) is 19.7. The molecule has 0 bridgehead atoms. The average Bonchev–Trinajstić information content (AvgIpc) is 3.32. The Morgan fingerprint density at radius 2 is 1.69 bits per heavy atom. The van der Waals surface area contributed by atoms with Crippen LogP contribution in [0.3, 0.4) is 0 Å². The van der Waals surface area contributed by atoms with Gasteiger partial charge in [-0.2, -0.15) is 0 Å². The molecule has 0 saturated carbocycles. The third-order valence-corrected chi connectivity index (χ3v) is 6.00. The lowest BCUT2D eigenvalue weighted by atomic mass is 10.1. The summed E-state index contributed by atoms with van der Waals surface area (Å²) in [5, 5.41) is 0. The number of nitrogens with zero attached hydrogens (tertiary/aromatic N) is 4. The van der Waals surface area contributed by atoms with Crippen molar-refractivity contribution >= 4 is 16.9 Å². The molecule has 0 radical (unpaired) electrons. The predicted molar refractivity (Wildman–Crippen MR) is 137 cm³/mol. The number of benzene rings is 2. The molecule has 3 N–H and O–H groups in total. The fourth-order valence-corrected chi connectivity index (χ4v) is 4.06. The molecule has 3 heterocycles. The standard InChI is InChI=1S/C28H26N6O/c1-17(2)21-4-3-5-23(32-21)27-26(20-11-12-22-24(16-20)31-15-14-30-22)33-25(34-27)13-8-18-6-9-19(10-7-18)28(29)35/h3-7,9-12,14-17H,8,13H2,1-2H3,(H2,29,35)(H,33,34). The van der Waals surface area contributed by atoms with Crippen LogP contribution in [0.2, 0.25) is 0 Å². The highest BCUT2D eigenvalue weighted by Crippen LogP contribution is 2.31. The summed E-state index contributed by atoms with van der Waals surface area (Å²) in [7, 11) is 0. The summed E-state index contributed by atoms with van der Waals surface area (Å²) in [6.45, 7) is 4.27. The second kappa shape index (κ2) is 9.46. The number of hydrogen-bond acceptors (Lipinski definition) is 5. The molecule has 0 aliphatic carbocycles. The Bertz CT molecular complexity index is 1500. The molecule has 5 rings (SSSR count). The molecule has 0 atom stereocenters. The molecule has 1 amide bonds. The topological polar surface area (TPSA) is 110 Å². The number of imidazole rings is 1. The molecule has 0 saturated heterocycles. The van der Waals surface area contributed by atoms with E-state index in [1.807, 2.05) is 48.5 Å². The smallest absolute Gasteiger partial charge is 0.248 e. The van der Waals surface area contributed by atoms with Crippen LogP contribution in [-0.4, -0.2) is 30.8 Å². The Labute approximate surface area is 203 Å². The largest absolute Gasteiger partial charge is 0.366 e. The van der Waals surface area contributed by atoms with Crippen molar-refractivity contribution in [1.82, 2.24) is 24.9 Å². The van der Waals surface area contributed by atoms with Crippen molar-refractivity contribution in [3.8, 4) is 22.6 Å². The van der Waals surface area contributed by atoms with Gasteiger partial charge in [-0.15, -0.1) is 0 Å². The molecular formula is C28H26N6O. The molecule has 0 unspecified atom stereocenters. The number of rotatable bonds is 7. The van der Waals surface area contributed by atoms with Crippen molar-refractivity contribution in [1.29, 1.82) is 0 Å². The summed E-state index contributed by atoms with van der Waals surface area (Å²) >= 11 is 0. The fourth-order valence-electron chi connectivity index (χ4n) is 4.06. The van der Waals surface area contributed by atoms with Crippen molar-refractivity contribution in [3.63, 3.8) is 0 Å². The number of pyridine rings is 1. The lowest BCUT2D eigenvalue weighted by molar-refractivity contribution is 0.100. The van der Waals surface area contributed by atoms with Gasteiger partial charge in [0.15, 0.2) is 0 Å². The third kappa shape index (κ3) is 4.80. The van der Waals surface area contributed by atoms with Crippen LogP contribution in [0.15, 0.2) is 73.1 Å². The summed E-state index contributed by atoms with van der Waals surface area (Å²) in [6.07, 6.45) is 4.87. The van der Waals surface area contributed by atoms with Crippen LogP contribution in [0.4, 0.5) is 0 Å². The number of carbonyl (C=O) groups excluding carboxylic acids is 1. The molecule has 2 aromatic carbocycles. The lowest BCUT2D eigenvalue weighted by Gasteiger charge is -2.08. The van der Waals surface area contributed by atoms with Crippen molar-refractivity contribution in [2.24, 2.45) is 5.73 Å². The summed E-state index contributed by atoms with van der Waals surface area (Å²) < 4.78 is 0. The van der Waals surface area contributed by atoms with E-state index in [1.54, 1.807) is 24.5 Å². The number of nitrogens with two attached hydrogens (primary N) is 1. The van der Waals surface area contributed by atoms with Gasteiger partial charge >= 0.3 is 0 Å². The van der Waals surface area contributed by atoms with Crippen LogP contribution < -0.4 is 5.73 Å². The number of fused-ring (bicyclic) bond motifs is 1. The van der Waals surface area contributed by atoms with E-state index < -0.39 is 5.91 Å². The van der Waals surface area contributed by atoms with Crippen LogP contribution in [0.5, 0.6) is 0 Å². The highest BCUT2D eigenvalue weighted by Gasteiger charge is 2.17. The second-order valence-corrected chi connectivity index (χ2v) is 8.83. The van der Waals surface area contributed by atoms with Crippen LogP contribution in [0.1, 0.15) is 47.2 Å². The van der Waals surface area contributed by atoms with Gasteiger partial charge in [0, 0.05) is 35.6 Å². The van der Waals surface area contributed by atoms with E-state index in [-0.39, 0.29) is 0 Å². The van der Waals surface area contributed by atoms with E-state index in [1.165, 1.54) is 0 Å². The molecule has 0 aliphatic heterocycles. The van der Waals surface area contributed by atoms with Crippen molar-refractivity contribution in [2.75, 3.05) is 0 Å². The van der Waals surface area contributed by atoms with Gasteiger partial charge in [-0.05, 0) is 54.3 Å². The number of aryl methyl sites for hydroxylation is 2. The first kappa shape index (κ1) is 22.4. The van der Waals surface area contributed by atoms with E-state index in [0.29, 0.717) is 17.9 Å². The third-order valence-electron chi connectivity index (χ3n) is 6.00. The van der Waals surface area contributed by atoms with Crippen LogP contribution in [0, 0.1) is 0 Å². The van der Waals surface area contributed by atoms with Gasteiger partial charge in [0.1, 0.15) is 5.82 Å². The number of aromatic amines is 1. The number of aromatic nitrogens is 5. The Hall–Kier alpha value is -4.39. The van der Waals surface area contributed by atoms with Gasteiger partial charge in [0.25, 0.3) is 0 Å². The monoisotopic (exact) mass is 462 g/mol. The minimum Gasteiger partial charge on any atom is -0.366 e. The molecule has 174 valence electrons. The van der Waals surface area contributed by atoms with Crippen LogP contribution in [-0.2, 0) is 12.8 Å². The van der Waals surface area contributed by atoms with E-state index in [0.717, 1.165) is 57.2 Å². The summed E-state index contributed by atoms with van der Waals surface area (Å²) in [5.74, 6) is 0.762. The summed E-state index contributed by atoms with van der Waals surface area (Å²) in [6, 6.07) is 19.5. The van der Waals surface area contributed by atoms with Crippen molar-refractivity contribution in [3.05, 3.63) is 95.7 Å². The molecule has 7 heteroatoms. The SMILES string of the molecule is CC(C)c1cccc(-c2[nH]c(CCc3ccc(C(N)=O)cc3)nc2-c2ccc3nccnc3c2)n1. The second-order valence-electron chi connectivity index (χ2n) is 8.83. The maximum absolute atomic E-state index is 11.3. The summed E-state index contributed by atoms with van der Waals surface area (Å²) in [5.41, 5.74) is 13.2. The first-order chi connectivity index (χ1) is 17.0. The van der Waals surface area contributed by atoms with Crippen molar-refractivity contribution in [2.45, 2.75) is 32.6 Å². The normalized spacial score (nSPS) is 11.3. The Kier molecular flexibility index (Phi) is 6.06. The van der Waals surface area contributed by atoms with Gasteiger partial charge in [0.05, 0.1) is 28.1 Å². The molecule has 0 fully saturated rings. The van der Waals surface area contributed by atoms with Crippen LogP contribution in [0.25, 0.3) is 33.7 Å². The van der Waals surface area contributed by atoms with E-state index in [4.69, 9.17) is 15.7 Å². The zero-order valence-electron chi connectivity index (χ0n) is 19.7. The number of amides is 1. The molecule has 0 aliphatic rings. The van der Waals surface area contributed by atoms with Gasteiger partial charge < -0.3 is 10.7 Å². The Morgan fingerprint density at radius 1 is 0.914 bits per heavy atom. The number of H-pyrrole nitrogens is 1.